The summed E-state index contributed by atoms with van der Waals surface area (Å²) in [7, 11) is 0. The Balaban J connectivity index is 4.03. The molecule has 0 bridgehead atoms. The second-order valence-corrected chi connectivity index (χ2v) is 8.81. The Hall–Kier alpha value is -1.34. The minimum atomic E-state index is -0.211. The van der Waals surface area contributed by atoms with Crippen molar-refractivity contribution in [3.63, 3.8) is 0 Å². The largest absolute Gasteiger partial charge is 0.370 e. The molecule has 0 heterocycles. The highest BCUT2D eigenvalue weighted by atomic mass is 15.2. The van der Waals surface area contributed by atoms with E-state index in [9.17, 15) is 0 Å². The van der Waals surface area contributed by atoms with Gasteiger partial charge in [0.1, 0.15) is 0 Å². The van der Waals surface area contributed by atoms with Crippen LogP contribution in [0.25, 0.3) is 0 Å². The summed E-state index contributed by atoms with van der Waals surface area (Å²) in [4.78, 5) is 8.87. The molecule has 7 nitrogen and oxygen atoms in total. The van der Waals surface area contributed by atoms with Crippen LogP contribution >= 0.6 is 0 Å². The van der Waals surface area contributed by atoms with Crippen molar-refractivity contribution in [3.8, 4) is 0 Å². The van der Waals surface area contributed by atoms with Crippen LogP contribution in [0.3, 0.4) is 0 Å². The molecule has 0 rings (SSSR count). The zero-order valence-corrected chi connectivity index (χ0v) is 18.2. The molecule has 160 valence electrons. The summed E-state index contributed by atoms with van der Waals surface area (Å²) in [6, 6.07) is 0. The minimum absolute atomic E-state index is 0.0679. The van der Waals surface area contributed by atoms with Crippen molar-refractivity contribution in [2.45, 2.75) is 103 Å². The van der Waals surface area contributed by atoms with Gasteiger partial charge in [-0.05, 0) is 59.9 Å². The monoisotopic (exact) mass is 383 g/mol. The van der Waals surface area contributed by atoms with Crippen LogP contribution in [0, 0.1) is 0 Å². The highest BCUT2D eigenvalue weighted by Crippen LogP contribution is 2.18. The van der Waals surface area contributed by atoms with Crippen LogP contribution in [0.2, 0.25) is 0 Å². The molecule has 0 radical (unpaired) electrons. The van der Waals surface area contributed by atoms with Gasteiger partial charge >= 0.3 is 0 Å². The maximum absolute atomic E-state index is 5.98. The van der Waals surface area contributed by atoms with Crippen molar-refractivity contribution in [2.24, 2.45) is 32.9 Å². The smallest absolute Gasteiger partial charge is 0.195 e. The van der Waals surface area contributed by atoms with Crippen molar-refractivity contribution in [3.05, 3.63) is 0 Å². The van der Waals surface area contributed by atoms with Crippen molar-refractivity contribution in [1.29, 1.82) is 0 Å². The summed E-state index contributed by atoms with van der Waals surface area (Å²) < 4.78 is 0. The van der Waals surface area contributed by atoms with Gasteiger partial charge in [-0.15, -0.1) is 0 Å². The number of hydrogen-bond donors (Lipinski definition) is 5. The topological polar surface area (TPSA) is 141 Å². The normalized spacial score (nSPS) is 13.9. The van der Waals surface area contributed by atoms with Crippen LogP contribution in [-0.4, -0.2) is 36.1 Å². The quantitative estimate of drug-likeness (QED) is 0.178. The average Bonchev–Trinajstić information content (AvgIpc) is 2.51. The number of unbranched alkanes of at least 4 members (excludes halogenated alkanes) is 6. The second kappa shape index (κ2) is 13.8. The standard InChI is InChI=1S/C20H45N7/c1-19(2,24)13-9-6-8-12-16-25-17(22)26-18(23)27-20(3,4)14-10-5-7-11-15-21/h5-16,21,24H2,1-4H3,(H5,22,23,25,26,27). The predicted octanol–water partition coefficient (Wildman–Crippen LogP) is 2.58. The highest BCUT2D eigenvalue weighted by molar-refractivity contribution is 5.97. The molecule has 0 aromatic heterocycles. The van der Waals surface area contributed by atoms with Gasteiger partial charge in [0.25, 0.3) is 0 Å². The SMILES string of the molecule is CC(C)(N)CCCCCCN=C(N)NC(N)=NC(C)(C)CCCCCCN. The number of nitrogens with one attached hydrogen (secondary N) is 1. The van der Waals surface area contributed by atoms with E-state index in [-0.39, 0.29) is 11.1 Å². The maximum Gasteiger partial charge on any atom is 0.195 e. The molecule has 0 aliphatic rings. The first kappa shape index (κ1) is 25.7. The molecule has 9 N–H and O–H groups in total. The molecular weight excluding hydrogens is 338 g/mol. The lowest BCUT2D eigenvalue weighted by atomic mass is 9.97. The van der Waals surface area contributed by atoms with Gasteiger partial charge in [0.2, 0.25) is 0 Å². The molecule has 0 saturated heterocycles. The summed E-state index contributed by atoms with van der Waals surface area (Å²) in [5, 5.41) is 2.89. The lowest BCUT2D eigenvalue weighted by molar-refractivity contribution is 0.444. The second-order valence-electron chi connectivity index (χ2n) is 8.81. The zero-order valence-electron chi connectivity index (χ0n) is 18.2. The van der Waals surface area contributed by atoms with Crippen molar-refractivity contribution < 1.29 is 0 Å². The zero-order chi connectivity index (χ0) is 20.8. The van der Waals surface area contributed by atoms with E-state index in [4.69, 9.17) is 22.9 Å². The third kappa shape index (κ3) is 17.8. The molecule has 7 heteroatoms. The van der Waals surface area contributed by atoms with E-state index >= 15 is 0 Å². The molecular formula is C20H45N7. The summed E-state index contributed by atoms with van der Waals surface area (Å²) in [6.07, 6.45) is 11.1. The van der Waals surface area contributed by atoms with Gasteiger partial charge in [-0.1, -0.05) is 38.5 Å². The van der Waals surface area contributed by atoms with E-state index in [0.29, 0.717) is 18.5 Å². The van der Waals surface area contributed by atoms with Gasteiger partial charge in [0.15, 0.2) is 11.9 Å². The van der Waals surface area contributed by atoms with Gasteiger partial charge in [0.05, 0.1) is 5.54 Å². The van der Waals surface area contributed by atoms with E-state index < -0.39 is 0 Å². The van der Waals surface area contributed by atoms with Crippen molar-refractivity contribution in [1.82, 2.24) is 5.32 Å². The fourth-order valence-electron chi connectivity index (χ4n) is 2.88. The Kier molecular flexibility index (Phi) is 13.1. The molecule has 0 aromatic carbocycles. The number of hydrogen-bond acceptors (Lipinski definition) is 4. The number of nitrogens with two attached hydrogens (primary N) is 4. The van der Waals surface area contributed by atoms with Gasteiger partial charge in [-0.2, -0.15) is 0 Å². The van der Waals surface area contributed by atoms with Crippen LogP contribution < -0.4 is 28.3 Å². The Morgan fingerprint density at radius 3 is 1.93 bits per heavy atom. The van der Waals surface area contributed by atoms with Gasteiger partial charge in [0, 0.05) is 12.1 Å². The van der Waals surface area contributed by atoms with Crippen molar-refractivity contribution >= 4 is 11.9 Å². The van der Waals surface area contributed by atoms with Gasteiger partial charge < -0.3 is 22.9 Å². The molecule has 0 atom stereocenters. The Morgan fingerprint density at radius 2 is 1.33 bits per heavy atom. The molecule has 27 heavy (non-hydrogen) atoms. The minimum Gasteiger partial charge on any atom is -0.370 e. The van der Waals surface area contributed by atoms with Crippen LogP contribution in [-0.2, 0) is 0 Å². The van der Waals surface area contributed by atoms with E-state index in [0.717, 1.165) is 51.5 Å². The number of aliphatic imine (C=N–C) groups is 2. The third-order valence-electron chi connectivity index (χ3n) is 4.43. The number of nitrogens with zero attached hydrogens (tertiary/aromatic N) is 2. The lowest BCUT2D eigenvalue weighted by Crippen LogP contribution is -2.43. The first-order valence-electron chi connectivity index (χ1n) is 10.5. The molecule has 0 amide bonds. The molecule has 0 spiro atoms. The molecule has 0 fully saturated rings. The van der Waals surface area contributed by atoms with E-state index in [1.807, 2.05) is 0 Å². The van der Waals surface area contributed by atoms with Crippen LogP contribution in [0.15, 0.2) is 9.98 Å². The summed E-state index contributed by atoms with van der Waals surface area (Å²) in [5.74, 6) is 0.659. The summed E-state index contributed by atoms with van der Waals surface area (Å²) in [5.41, 5.74) is 23.1. The molecule has 0 saturated carbocycles. The Bertz CT molecular complexity index is 436. The maximum atomic E-state index is 5.98. The van der Waals surface area contributed by atoms with E-state index in [2.05, 4.69) is 43.0 Å². The molecule has 0 aromatic rings. The molecule has 0 aliphatic heterocycles. The van der Waals surface area contributed by atoms with Gasteiger partial charge in [-0.3, -0.25) is 10.3 Å². The third-order valence-corrected chi connectivity index (χ3v) is 4.43. The van der Waals surface area contributed by atoms with Crippen LogP contribution in [0.1, 0.15) is 91.9 Å². The van der Waals surface area contributed by atoms with E-state index in [1.54, 1.807) is 0 Å². The fourth-order valence-corrected chi connectivity index (χ4v) is 2.88. The van der Waals surface area contributed by atoms with Crippen LogP contribution in [0.4, 0.5) is 0 Å². The number of rotatable bonds is 14. The number of guanidine groups is 2. The first-order valence-corrected chi connectivity index (χ1v) is 10.5. The van der Waals surface area contributed by atoms with Gasteiger partial charge in [-0.25, -0.2) is 4.99 Å². The average molecular weight is 384 g/mol. The Morgan fingerprint density at radius 1 is 0.778 bits per heavy atom. The predicted molar refractivity (Wildman–Crippen MR) is 119 cm³/mol. The summed E-state index contributed by atoms with van der Waals surface area (Å²) >= 11 is 0. The fraction of sp³-hybridized carbons (Fsp3) is 0.900. The van der Waals surface area contributed by atoms with Crippen molar-refractivity contribution in [2.75, 3.05) is 13.1 Å². The lowest BCUT2D eigenvalue weighted by Gasteiger charge is -2.20. The van der Waals surface area contributed by atoms with E-state index in [1.165, 1.54) is 19.3 Å². The molecule has 0 unspecified atom stereocenters. The van der Waals surface area contributed by atoms with Crippen LogP contribution in [0.5, 0.6) is 0 Å². The Labute approximate surface area is 166 Å². The summed E-state index contributed by atoms with van der Waals surface area (Å²) in [6.45, 7) is 9.77. The molecule has 0 aliphatic carbocycles. The first-order chi connectivity index (χ1) is 12.6. The highest BCUT2D eigenvalue weighted by Gasteiger charge is 2.16.